The summed E-state index contributed by atoms with van der Waals surface area (Å²) < 4.78 is 30.7. The zero-order valence-corrected chi connectivity index (χ0v) is 15.6. The summed E-state index contributed by atoms with van der Waals surface area (Å²) in [5.41, 5.74) is 1.35. The summed E-state index contributed by atoms with van der Waals surface area (Å²) in [5.74, 6) is -1.71. The maximum Gasteiger partial charge on any atom is 0.322 e. The molecule has 2 aromatic rings. The molecular formula is C19H21NO6S. The van der Waals surface area contributed by atoms with Gasteiger partial charge in [-0.25, -0.2) is 8.42 Å². The molecule has 1 amide bonds. The van der Waals surface area contributed by atoms with Gasteiger partial charge in [0.05, 0.1) is 11.5 Å². The third-order valence-electron chi connectivity index (χ3n) is 3.79. The summed E-state index contributed by atoms with van der Waals surface area (Å²) in [6.45, 7) is 1.61. The Morgan fingerprint density at radius 1 is 1.07 bits per heavy atom. The summed E-state index contributed by atoms with van der Waals surface area (Å²) in [4.78, 5) is 22.4. The van der Waals surface area contributed by atoms with Crippen molar-refractivity contribution in [1.29, 1.82) is 0 Å². The molecule has 0 saturated carbocycles. The molecule has 0 heterocycles. The molecule has 0 aromatic heterocycles. The molecule has 2 N–H and O–H groups in total. The van der Waals surface area contributed by atoms with Gasteiger partial charge >= 0.3 is 5.97 Å². The van der Waals surface area contributed by atoms with Crippen molar-refractivity contribution in [2.24, 2.45) is 0 Å². The van der Waals surface area contributed by atoms with Gasteiger partial charge in [-0.15, -0.1) is 0 Å². The van der Waals surface area contributed by atoms with Crippen molar-refractivity contribution in [1.82, 2.24) is 0 Å². The minimum absolute atomic E-state index is 0.00489. The van der Waals surface area contributed by atoms with Crippen LogP contribution in [-0.4, -0.2) is 37.3 Å². The Kier molecular flexibility index (Phi) is 7.09. The molecule has 1 atom stereocenters. The first-order chi connectivity index (χ1) is 12.8. The fourth-order valence-corrected chi connectivity index (χ4v) is 3.98. The predicted octanol–water partition coefficient (Wildman–Crippen LogP) is 2.48. The van der Waals surface area contributed by atoms with Crippen molar-refractivity contribution < 1.29 is 27.9 Å². The number of amides is 1. The molecule has 0 spiro atoms. The van der Waals surface area contributed by atoms with Crippen molar-refractivity contribution in [2.45, 2.75) is 30.1 Å². The number of nitrogens with one attached hydrogen (secondary N) is 1. The van der Waals surface area contributed by atoms with E-state index in [1.165, 1.54) is 31.2 Å². The monoisotopic (exact) mass is 391 g/mol. The molecule has 0 fully saturated rings. The lowest BCUT2D eigenvalue weighted by molar-refractivity contribution is -0.137. The number of hydrogen-bond acceptors (Lipinski definition) is 5. The summed E-state index contributed by atoms with van der Waals surface area (Å²) in [6, 6.07) is 14.7. The topological polar surface area (TPSA) is 110 Å². The van der Waals surface area contributed by atoms with Crippen LogP contribution in [0.3, 0.4) is 0 Å². The van der Waals surface area contributed by atoms with Gasteiger partial charge in [-0.3, -0.25) is 9.59 Å². The molecule has 27 heavy (non-hydrogen) atoms. The number of benzene rings is 2. The minimum Gasteiger partial charge on any atom is -0.480 e. The van der Waals surface area contributed by atoms with Gasteiger partial charge in [0.15, 0.2) is 15.1 Å². The van der Waals surface area contributed by atoms with Crippen molar-refractivity contribution in [3.05, 3.63) is 60.2 Å². The predicted molar refractivity (Wildman–Crippen MR) is 100 cm³/mol. The van der Waals surface area contributed by atoms with Crippen molar-refractivity contribution in [3.8, 4) is 0 Å². The second-order valence-corrected chi connectivity index (χ2v) is 8.03. The van der Waals surface area contributed by atoms with Gasteiger partial charge in [0.2, 0.25) is 5.91 Å². The van der Waals surface area contributed by atoms with E-state index in [0.29, 0.717) is 5.69 Å². The summed E-state index contributed by atoms with van der Waals surface area (Å²) >= 11 is 0. The van der Waals surface area contributed by atoms with E-state index >= 15 is 0 Å². The molecule has 1 unspecified atom stereocenters. The number of rotatable bonds is 9. The number of ether oxygens (including phenoxy) is 1. The van der Waals surface area contributed by atoms with Crippen LogP contribution in [0.25, 0.3) is 0 Å². The zero-order chi connectivity index (χ0) is 19.9. The fraction of sp³-hybridized carbons (Fsp3) is 0.263. The van der Waals surface area contributed by atoms with E-state index in [-0.39, 0.29) is 30.4 Å². The molecule has 0 aliphatic rings. The van der Waals surface area contributed by atoms with E-state index in [1.54, 1.807) is 0 Å². The highest BCUT2D eigenvalue weighted by atomic mass is 32.2. The van der Waals surface area contributed by atoms with Gasteiger partial charge in [0.1, 0.15) is 0 Å². The van der Waals surface area contributed by atoms with E-state index in [9.17, 15) is 23.1 Å². The number of carbonyl (C=O) groups excluding carboxylic acids is 1. The molecule has 0 saturated heterocycles. The van der Waals surface area contributed by atoms with Gasteiger partial charge in [-0.1, -0.05) is 30.3 Å². The van der Waals surface area contributed by atoms with Crippen LogP contribution in [-0.2, 0) is 30.8 Å². The van der Waals surface area contributed by atoms with Crippen molar-refractivity contribution in [2.75, 3.05) is 11.9 Å². The molecule has 2 aromatic carbocycles. The smallest absolute Gasteiger partial charge is 0.322 e. The van der Waals surface area contributed by atoms with Gasteiger partial charge in [-0.2, -0.15) is 0 Å². The standard InChI is InChI=1S/C19H21NO6S/c1-14(21)20-16-7-9-17(10-8-16)27(24,25)18(19(22)23)11-12-26-13-15-5-3-2-4-6-15/h2-10,18H,11-13H2,1H3,(H,20,21)(H,22,23). The molecule has 8 heteroatoms. The van der Waals surface area contributed by atoms with E-state index in [4.69, 9.17) is 4.74 Å². The summed E-state index contributed by atoms with van der Waals surface area (Å²) in [7, 11) is -4.08. The second-order valence-electron chi connectivity index (χ2n) is 5.90. The number of aliphatic carboxylic acids is 1. The average molecular weight is 391 g/mol. The number of carbonyl (C=O) groups is 2. The Morgan fingerprint density at radius 2 is 1.70 bits per heavy atom. The van der Waals surface area contributed by atoms with Crippen LogP contribution in [0.5, 0.6) is 0 Å². The normalized spacial score (nSPS) is 12.3. The second kappa shape index (κ2) is 9.29. The largest absolute Gasteiger partial charge is 0.480 e. The SMILES string of the molecule is CC(=O)Nc1ccc(S(=O)(=O)C(CCOCc2ccccc2)C(=O)O)cc1. The van der Waals surface area contributed by atoms with E-state index < -0.39 is 21.1 Å². The molecular weight excluding hydrogens is 370 g/mol. The van der Waals surface area contributed by atoms with Crippen LogP contribution in [0.15, 0.2) is 59.5 Å². The summed E-state index contributed by atoms with van der Waals surface area (Å²) in [6.07, 6.45) is -0.169. The van der Waals surface area contributed by atoms with Crippen LogP contribution in [0.2, 0.25) is 0 Å². The maximum absolute atomic E-state index is 12.6. The molecule has 0 radical (unpaired) electrons. The number of anilines is 1. The number of carboxylic acid groups (broad SMARTS) is 1. The van der Waals surface area contributed by atoms with E-state index in [1.807, 2.05) is 30.3 Å². The van der Waals surface area contributed by atoms with Crippen molar-refractivity contribution >= 4 is 27.4 Å². The first kappa shape index (κ1) is 20.6. The first-order valence-corrected chi connectivity index (χ1v) is 9.81. The van der Waals surface area contributed by atoms with Crippen LogP contribution < -0.4 is 5.32 Å². The lowest BCUT2D eigenvalue weighted by Gasteiger charge is -2.14. The molecule has 7 nitrogen and oxygen atoms in total. The zero-order valence-electron chi connectivity index (χ0n) is 14.8. The van der Waals surface area contributed by atoms with Crippen LogP contribution in [0, 0.1) is 0 Å². The Balaban J connectivity index is 2.03. The Hall–Kier alpha value is -2.71. The minimum atomic E-state index is -4.08. The number of hydrogen-bond donors (Lipinski definition) is 2. The highest BCUT2D eigenvalue weighted by molar-refractivity contribution is 7.92. The molecule has 0 aliphatic heterocycles. The summed E-state index contributed by atoms with van der Waals surface area (Å²) in [5, 5.41) is 10.3. The molecule has 0 bridgehead atoms. The number of carboxylic acids is 1. The maximum atomic E-state index is 12.6. The van der Waals surface area contributed by atoms with Crippen molar-refractivity contribution in [3.63, 3.8) is 0 Å². The van der Waals surface area contributed by atoms with E-state index in [0.717, 1.165) is 5.56 Å². The molecule has 2 rings (SSSR count). The van der Waals surface area contributed by atoms with Gasteiger partial charge in [0.25, 0.3) is 0 Å². The lowest BCUT2D eigenvalue weighted by atomic mass is 10.2. The first-order valence-electron chi connectivity index (χ1n) is 8.26. The Morgan fingerprint density at radius 3 is 2.26 bits per heavy atom. The third kappa shape index (κ3) is 5.90. The lowest BCUT2D eigenvalue weighted by Crippen LogP contribution is -2.31. The van der Waals surface area contributed by atoms with Gasteiger partial charge in [0, 0.05) is 19.2 Å². The third-order valence-corrected chi connectivity index (χ3v) is 5.90. The van der Waals surface area contributed by atoms with Gasteiger partial charge < -0.3 is 15.2 Å². The average Bonchev–Trinajstić information content (AvgIpc) is 2.62. The Bertz CT molecular complexity index is 878. The van der Waals surface area contributed by atoms with Gasteiger partial charge in [-0.05, 0) is 36.2 Å². The Labute approximate surface area is 157 Å². The molecule has 0 aliphatic carbocycles. The quantitative estimate of drug-likeness (QED) is 0.636. The fourth-order valence-electron chi connectivity index (χ4n) is 2.46. The van der Waals surface area contributed by atoms with Crippen LogP contribution in [0.1, 0.15) is 18.9 Å². The van der Waals surface area contributed by atoms with Crippen LogP contribution >= 0.6 is 0 Å². The highest BCUT2D eigenvalue weighted by Crippen LogP contribution is 2.21. The molecule has 144 valence electrons. The van der Waals surface area contributed by atoms with E-state index in [2.05, 4.69) is 5.32 Å². The number of sulfone groups is 1. The van der Waals surface area contributed by atoms with Crippen LogP contribution in [0.4, 0.5) is 5.69 Å². The highest BCUT2D eigenvalue weighted by Gasteiger charge is 2.33.